The van der Waals surface area contributed by atoms with Crippen molar-refractivity contribution in [3.8, 4) is 5.69 Å². The number of carboxylic acids is 1. The summed E-state index contributed by atoms with van der Waals surface area (Å²) in [6, 6.07) is 5.26. The molecule has 0 aliphatic rings. The molecule has 1 aromatic carbocycles. The lowest BCUT2D eigenvalue weighted by atomic mass is 10.2. The average molecular weight is 299 g/mol. The molecule has 2 aromatic rings. The van der Waals surface area contributed by atoms with Crippen LogP contribution in [0.3, 0.4) is 0 Å². The third-order valence-electron chi connectivity index (χ3n) is 2.84. The summed E-state index contributed by atoms with van der Waals surface area (Å²) in [7, 11) is 0. The highest BCUT2D eigenvalue weighted by molar-refractivity contribution is 6.33. The lowest BCUT2D eigenvalue weighted by Gasteiger charge is -2.07. The van der Waals surface area contributed by atoms with Crippen LogP contribution in [-0.4, -0.2) is 20.9 Å². The van der Waals surface area contributed by atoms with Crippen molar-refractivity contribution >= 4 is 29.2 Å². The molecule has 0 aliphatic carbocycles. The molecule has 1 aromatic heterocycles. The fraction of sp³-hybridized carbons (Fsp3) is 0.231. The number of hydrogen-bond donors (Lipinski definition) is 1. The SMILES string of the molecule is CCc1nn(-c2ccc(Cl)cc2C)c(Cl)c1C(=O)O. The number of halogens is 2. The molecule has 0 bridgehead atoms. The lowest BCUT2D eigenvalue weighted by molar-refractivity contribution is 0.0696. The minimum atomic E-state index is -1.07. The number of carboxylic acid groups (broad SMARTS) is 1. The molecule has 4 nitrogen and oxygen atoms in total. The first kappa shape index (κ1) is 13.9. The van der Waals surface area contributed by atoms with E-state index in [2.05, 4.69) is 5.10 Å². The third-order valence-corrected chi connectivity index (χ3v) is 3.42. The summed E-state index contributed by atoms with van der Waals surface area (Å²) in [5.74, 6) is -1.07. The van der Waals surface area contributed by atoms with Crippen molar-refractivity contribution in [1.82, 2.24) is 9.78 Å². The van der Waals surface area contributed by atoms with Crippen LogP contribution < -0.4 is 0 Å². The van der Waals surface area contributed by atoms with E-state index < -0.39 is 5.97 Å². The largest absolute Gasteiger partial charge is 0.478 e. The molecule has 0 spiro atoms. The standard InChI is InChI=1S/C13H12Cl2N2O2/c1-3-9-11(13(18)19)12(15)17(16-9)10-5-4-8(14)6-7(10)2/h4-6H,3H2,1-2H3,(H,18,19). The maximum absolute atomic E-state index is 11.2. The van der Waals surface area contributed by atoms with Crippen LogP contribution in [0.15, 0.2) is 18.2 Å². The molecule has 0 radical (unpaired) electrons. The van der Waals surface area contributed by atoms with Crippen molar-refractivity contribution in [2.45, 2.75) is 20.3 Å². The Hall–Kier alpha value is -1.52. The molecule has 1 heterocycles. The van der Waals surface area contributed by atoms with Crippen molar-refractivity contribution in [3.63, 3.8) is 0 Å². The van der Waals surface area contributed by atoms with Gasteiger partial charge in [-0.3, -0.25) is 0 Å². The van der Waals surface area contributed by atoms with Crippen molar-refractivity contribution in [3.05, 3.63) is 45.2 Å². The molecule has 0 atom stereocenters. The lowest BCUT2D eigenvalue weighted by Crippen LogP contribution is -2.01. The Morgan fingerprint density at radius 2 is 2.11 bits per heavy atom. The van der Waals surface area contributed by atoms with Gasteiger partial charge in [0.2, 0.25) is 0 Å². The molecule has 0 amide bonds. The summed E-state index contributed by atoms with van der Waals surface area (Å²) >= 11 is 12.0. The molecule has 19 heavy (non-hydrogen) atoms. The Balaban J connectivity index is 2.66. The molecule has 2 rings (SSSR count). The van der Waals surface area contributed by atoms with Crippen LogP contribution in [0.5, 0.6) is 0 Å². The predicted octanol–water partition coefficient (Wildman–Crippen LogP) is 3.75. The van der Waals surface area contributed by atoms with E-state index in [4.69, 9.17) is 23.2 Å². The van der Waals surface area contributed by atoms with E-state index in [1.807, 2.05) is 13.8 Å². The second-order valence-electron chi connectivity index (χ2n) is 4.11. The summed E-state index contributed by atoms with van der Waals surface area (Å²) in [4.78, 5) is 11.2. The summed E-state index contributed by atoms with van der Waals surface area (Å²) < 4.78 is 1.44. The molecule has 0 fully saturated rings. The van der Waals surface area contributed by atoms with Gasteiger partial charge in [0, 0.05) is 5.02 Å². The Morgan fingerprint density at radius 3 is 2.58 bits per heavy atom. The molecule has 100 valence electrons. The normalized spacial score (nSPS) is 10.7. The topological polar surface area (TPSA) is 55.1 Å². The van der Waals surface area contributed by atoms with Gasteiger partial charge in [-0.15, -0.1) is 0 Å². The van der Waals surface area contributed by atoms with Crippen LogP contribution in [0.1, 0.15) is 28.5 Å². The van der Waals surface area contributed by atoms with E-state index in [9.17, 15) is 9.90 Å². The molecule has 0 saturated heterocycles. The monoisotopic (exact) mass is 298 g/mol. The maximum atomic E-state index is 11.2. The molecule has 1 N–H and O–H groups in total. The smallest absolute Gasteiger partial charge is 0.340 e. The van der Waals surface area contributed by atoms with E-state index in [1.54, 1.807) is 18.2 Å². The summed E-state index contributed by atoms with van der Waals surface area (Å²) in [6.45, 7) is 3.70. The van der Waals surface area contributed by atoms with Crippen LogP contribution in [0.4, 0.5) is 0 Å². The van der Waals surface area contributed by atoms with E-state index in [0.29, 0.717) is 17.1 Å². The van der Waals surface area contributed by atoms with E-state index in [1.165, 1.54) is 4.68 Å². The van der Waals surface area contributed by atoms with Gasteiger partial charge in [-0.25, -0.2) is 9.48 Å². The molecule has 0 saturated carbocycles. The Kier molecular flexibility index (Phi) is 3.83. The molecule has 0 unspecified atom stereocenters. The van der Waals surface area contributed by atoms with E-state index in [0.717, 1.165) is 11.3 Å². The number of rotatable bonds is 3. The van der Waals surface area contributed by atoms with E-state index >= 15 is 0 Å². The first-order chi connectivity index (χ1) is 8.95. The van der Waals surface area contributed by atoms with Gasteiger partial charge >= 0.3 is 5.97 Å². The number of hydrogen-bond acceptors (Lipinski definition) is 2. The second kappa shape index (κ2) is 5.23. The number of nitrogens with zero attached hydrogens (tertiary/aromatic N) is 2. The van der Waals surface area contributed by atoms with Crippen molar-refractivity contribution < 1.29 is 9.90 Å². The Bertz CT molecular complexity index is 650. The highest BCUT2D eigenvalue weighted by Gasteiger charge is 2.22. The number of aromatic nitrogens is 2. The minimum Gasteiger partial charge on any atom is -0.478 e. The number of carbonyl (C=O) groups is 1. The molecule has 6 heteroatoms. The highest BCUT2D eigenvalue weighted by atomic mass is 35.5. The van der Waals surface area contributed by atoms with Gasteiger partial charge in [0.05, 0.1) is 11.4 Å². The number of aromatic carboxylic acids is 1. The van der Waals surface area contributed by atoms with Crippen molar-refractivity contribution in [2.24, 2.45) is 0 Å². The summed E-state index contributed by atoms with van der Waals surface area (Å²) in [5.41, 5.74) is 2.11. The predicted molar refractivity (Wildman–Crippen MR) is 74.7 cm³/mol. The average Bonchev–Trinajstić information content (AvgIpc) is 2.66. The molecular formula is C13H12Cl2N2O2. The molecular weight excluding hydrogens is 287 g/mol. The maximum Gasteiger partial charge on any atom is 0.340 e. The zero-order chi connectivity index (χ0) is 14.2. The van der Waals surface area contributed by atoms with Gasteiger partial charge in [-0.2, -0.15) is 5.10 Å². The van der Waals surface area contributed by atoms with Gasteiger partial charge in [0.25, 0.3) is 0 Å². The van der Waals surface area contributed by atoms with Gasteiger partial charge in [-0.1, -0.05) is 30.1 Å². The first-order valence-electron chi connectivity index (χ1n) is 5.73. The number of benzene rings is 1. The van der Waals surface area contributed by atoms with E-state index in [-0.39, 0.29) is 10.7 Å². The van der Waals surface area contributed by atoms with Gasteiger partial charge in [-0.05, 0) is 37.1 Å². The second-order valence-corrected chi connectivity index (χ2v) is 4.91. The van der Waals surface area contributed by atoms with Gasteiger partial charge in [0.15, 0.2) is 0 Å². The first-order valence-corrected chi connectivity index (χ1v) is 6.48. The van der Waals surface area contributed by atoms with Crippen LogP contribution in [-0.2, 0) is 6.42 Å². The van der Waals surface area contributed by atoms with Gasteiger partial charge in [0.1, 0.15) is 10.7 Å². The van der Waals surface area contributed by atoms with Crippen molar-refractivity contribution in [1.29, 1.82) is 0 Å². The van der Waals surface area contributed by atoms with Crippen LogP contribution >= 0.6 is 23.2 Å². The highest BCUT2D eigenvalue weighted by Crippen LogP contribution is 2.27. The Morgan fingerprint density at radius 1 is 1.42 bits per heavy atom. The van der Waals surface area contributed by atoms with Crippen molar-refractivity contribution in [2.75, 3.05) is 0 Å². The van der Waals surface area contributed by atoms with Crippen LogP contribution in [0.2, 0.25) is 10.2 Å². The van der Waals surface area contributed by atoms with Crippen LogP contribution in [0.25, 0.3) is 5.69 Å². The zero-order valence-corrected chi connectivity index (χ0v) is 12.0. The third kappa shape index (κ3) is 2.46. The minimum absolute atomic E-state index is 0.0542. The van der Waals surface area contributed by atoms with Gasteiger partial charge < -0.3 is 5.11 Å². The fourth-order valence-electron chi connectivity index (χ4n) is 1.91. The Labute approximate surface area is 120 Å². The quantitative estimate of drug-likeness (QED) is 0.939. The fourth-order valence-corrected chi connectivity index (χ4v) is 2.46. The molecule has 0 aliphatic heterocycles. The zero-order valence-electron chi connectivity index (χ0n) is 10.4. The summed E-state index contributed by atoms with van der Waals surface area (Å²) in [6.07, 6.45) is 0.501. The number of aryl methyl sites for hydroxylation is 2. The van der Waals surface area contributed by atoms with Crippen LogP contribution in [0, 0.1) is 6.92 Å². The summed E-state index contributed by atoms with van der Waals surface area (Å²) in [5, 5.41) is 14.2.